The summed E-state index contributed by atoms with van der Waals surface area (Å²) >= 11 is 15.4. The molecule has 158 valence electrons. The minimum Gasteiger partial charge on any atom is -0.492 e. The second-order valence-corrected chi connectivity index (χ2v) is 8.71. The van der Waals surface area contributed by atoms with Crippen LogP contribution in [-0.2, 0) is 11.3 Å². The number of hydrogen-bond donors (Lipinski definition) is 0. The Kier molecular flexibility index (Phi) is 13.5. The molecule has 1 aromatic carbocycles. The highest BCUT2D eigenvalue weighted by Crippen LogP contribution is 2.34. The molecule has 0 aliphatic heterocycles. The molecule has 1 aromatic rings. The lowest BCUT2D eigenvalue weighted by molar-refractivity contribution is 0.139. The Bertz CT molecular complexity index is 643. The van der Waals surface area contributed by atoms with Gasteiger partial charge in [-0.05, 0) is 79.6 Å². The first-order chi connectivity index (χ1) is 13.4. The average Bonchev–Trinajstić information content (AvgIpc) is 2.61. The number of halogens is 3. The molecule has 7 heteroatoms. The van der Waals surface area contributed by atoms with Crippen LogP contribution < -0.4 is 9.47 Å². The van der Waals surface area contributed by atoms with Crippen molar-refractivity contribution in [1.29, 1.82) is 0 Å². The Balaban J connectivity index is 2.46. The van der Waals surface area contributed by atoms with Gasteiger partial charge in [0.25, 0.3) is 0 Å². The Hall–Kier alpha value is -0.910. The van der Waals surface area contributed by atoms with Gasteiger partial charge in [-0.2, -0.15) is 0 Å². The molecule has 0 unspecified atom stereocenters. The van der Waals surface area contributed by atoms with Gasteiger partial charge in [0.05, 0.1) is 21.3 Å². The van der Waals surface area contributed by atoms with E-state index in [1.807, 2.05) is 19.9 Å². The van der Waals surface area contributed by atoms with Gasteiger partial charge in [-0.3, -0.25) is 0 Å². The molecule has 0 aliphatic rings. The maximum absolute atomic E-state index is 6.45. The van der Waals surface area contributed by atoms with Crippen LogP contribution in [-0.4, -0.2) is 25.5 Å². The van der Waals surface area contributed by atoms with Crippen LogP contribution in [0.5, 0.6) is 11.5 Å². The zero-order valence-corrected chi connectivity index (χ0v) is 20.0. The lowest BCUT2D eigenvalue weighted by atomic mass is 10.1. The van der Waals surface area contributed by atoms with Crippen molar-refractivity contribution in [3.8, 4) is 11.5 Å². The van der Waals surface area contributed by atoms with E-state index >= 15 is 0 Å². The van der Waals surface area contributed by atoms with Crippen molar-refractivity contribution in [3.63, 3.8) is 0 Å². The molecule has 0 aromatic heterocycles. The molecule has 0 spiro atoms. The largest absolute Gasteiger partial charge is 0.492 e. The van der Waals surface area contributed by atoms with Gasteiger partial charge in [-0.15, -0.1) is 0 Å². The Morgan fingerprint density at radius 2 is 1.82 bits per heavy atom. The highest BCUT2D eigenvalue weighted by molar-refractivity contribution is 9.12. The highest BCUT2D eigenvalue weighted by atomic mass is 79.9. The van der Waals surface area contributed by atoms with E-state index in [1.165, 1.54) is 0 Å². The van der Waals surface area contributed by atoms with Crippen LogP contribution in [0.4, 0.5) is 0 Å². The maximum Gasteiger partial charge on any atom is 0.141 e. The molecule has 0 saturated carbocycles. The van der Waals surface area contributed by atoms with Crippen molar-refractivity contribution in [3.05, 3.63) is 32.7 Å². The number of oxime groups is 1. The monoisotopic (exact) mass is 493 g/mol. The molecule has 0 radical (unpaired) electrons. The molecule has 0 bridgehead atoms. The Morgan fingerprint density at radius 3 is 2.46 bits per heavy atom. The van der Waals surface area contributed by atoms with Gasteiger partial charge in [0.1, 0.15) is 24.7 Å². The van der Waals surface area contributed by atoms with Crippen molar-refractivity contribution in [2.24, 2.45) is 5.16 Å². The summed E-state index contributed by atoms with van der Waals surface area (Å²) in [5, 5.41) is 4.50. The molecule has 0 atom stereocenters. The fourth-order valence-electron chi connectivity index (χ4n) is 2.49. The van der Waals surface area contributed by atoms with Crippen LogP contribution in [0.25, 0.3) is 0 Å². The van der Waals surface area contributed by atoms with Crippen molar-refractivity contribution < 1.29 is 14.3 Å². The van der Waals surface area contributed by atoms with Gasteiger partial charge >= 0.3 is 0 Å². The van der Waals surface area contributed by atoms with Crippen LogP contribution in [0.2, 0.25) is 5.02 Å². The average molecular weight is 495 g/mol. The van der Waals surface area contributed by atoms with E-state index in [-0.39, 0.29) is 0 Å². The van der Waals surface area contributed by atoms with E-state index in [9.17, 15) is 0 Å². The molecule has 0 N–H and O–H groups in total. The third kappa shape index (κ3) is 11.2. The van der Waals surface area contributed by atoms with Crippen LogP contribution in [0, 0.1) is 0 Å². The van der Waals surface area contributed by atoms with Crippen molar-refractivity contribution in [1.82, 2.24) is 0 Å². The molecule has 4 nitrogen and oxygen atoms in total. The second kappa shape index (κ2) is 15.0. The molecular formula is C21H30BrCl2NO3. The number of ether oxygens (including phenoxy) is 2. The van der Waals surface area contributed by atoms with E-state index in [2.05, 4.69) is 28.0 Å². The first-order valence-corrected chi connectivity index (χ1v) is 11.2. The summed E-state index contributed by atoms with van der Waals surface area (Å²) in [6.45, 7) is 7.65. The van der Waals surface area contributed by atoms with Crippen LogP contribution in [0.15, 0.2) is 27.3 Å². The van der Waals surface area contributed by atoms with Crippen molar-refractivity contribution in [2.75, 3.05) is 19.8 Å². The van der Waals surface area contributed by atoms with Crippen LogP contribution in [0.3, 0.4) is 0 Å². The Morgan fingerprint density at radius 1 is 1.11 bits per heavy atom. The smallest absolute Gasteiger partial charge is 0.141 e. The first-order valence-electron chi connectivity index (χ1n) is 9.66. The number of rotatable bonds is 14. The summed E-state index contributed by atoms with van der Waals surface area (Å²) < 4.78 is 12.2. The molecule has 0 saturated heterocycles. The van der Waals surface area contributed by atoms with Gasteiger partial charge in [0.15, 0.2) is 0 Å². The fourth-order valence-corrected chi connectivity index (χ4v) is 2.97. The summed E-state index contributed by atoms with van der Waals surface area (Å²) in [5.41, 5.74) is 2.01. The SMILES string of the molecule is CCCc1cc(OC/C=C(\Cl)Br)cc(Cl)c1OCCCCCCON=C(C)C. The number of hydrogen-bond acceptors (Lipinski definition) is 4. The number of nitrogens with zero attached hydrogens (tertiary/aromatic N) is 1. The number of benzene rings is 1. The number of aryl methyl sites for hydroxylation is 1. The zero-order valence-electron chi connectivity index (χ0n) is 16.9. The van der Waals surface area contributed by atoms with Gasteiger partial charge in [0.2, 0.25) is 0 Å². The summed E-state index contributed by atoms with van der Waals surface area (Å²) in [6, 6.07) is 3.79. The Labute approximate surface area is 187 Å². The van der Waals surface area contributed by atoms with Gasteiger partial charge in [0, 0.05) is 6.07 Å². The maximum atomic E-state index is 6.45. The third-order valence-corrected chi connectivity index (χ3v) is 4.48. The van der Waals surface area contributed by atoms with Crippen LogP contribution >= 0.6 is 39.1 Å². The van der Waals surface area contributed by atoms with E-state index in [0.717, 1.165) is 55.5 Å². The summed E-state index contributed by atoms with van der Waals surface area (Å²) in [4.78, 5) is 5.20. The van der Waals surface area contributed by atoms with Crippen LogP contribution in [0.1, 0.15) is 58.4 Å². The third-order valence-electron chi connectivity index (χ3n) is 3.72. The zero-order chi connectivity index (χ0) is 20.8. The summed E-state index contributed by atoms with van der Waals surface area (Å²) in [7, 11) is 0. The first kappa shape index (κ1) is 25.1. The quantitative estimate of drug-likeness (QED) is 0.153. The summed E-state index contributed by atoms with van der Waals surface area (Å²) in [5.74, 6) is 1.48. The second-order valence-electron chi connectivity index (χ2n) is 6.58. The van der Waals surface area contributed by atoms with Gasteiger partial charge in [-0.25, -0.2) is 0 Å². The molecule has 28 heavy (non-hydrogen) atoms. The van der Waals surface area contributed by atoms with Gasteiger partial charge in [-0.1, -0.05) is 41.7 Å². The fraction of sp³-hybridized carbons (Fsp3) is 0.571. The lowest BCUT2D eigenvalue weighted by Gasteiger charge is -2.15. The highest BCUT2D eigenvalue weighted by Gasteiger charge is 2.11. The molecule has 1 rings (SSSR count). The van der Waals surface area contributed by atoms with E-state index in [1.54, 1.807) is 12.1 Å². The van der Waals surface area contributed by atoms with E-state index in [0.29, 0.717) is 34.5 Å². The van der Waals surface area contributed by atoms with Crippen molar-refractivity contribution in [2.45, 2.75) is 59.3 Å². The predicted octanol–water partition coefficient (Wildman–Crippen LogP) is 7.50. The normalized spacial score (nSPS) is 11.3. The predicted molar refractivity (Wildman–Crippen MR) is 123 cm³/mol. The van der Waals surface area contributed by atoms with Gasteiger partial charge < -0.3 is 14.3 Å². The topological polar surface area (TPSA) is 40.0 Å². The van der Waals surface area contributed by atoms with E-state index in [4.69, 9.17) is 37.5 Å². The molecular weight excluding hydrogens is 465 g/mol. The molecule has 0 fully saturated rings. The minimum atomic E-state index is 0.374. The number of unbranched alkanes of at least 4 members (excludes halogenated alkanes) is 3. The molecule has 0 heterocycles. The molecule has 0 amide bonds. The van der Waals surface area contributed by atoms with E-state index < -0.39 is 0 Å². The lowest BCUT2D eigenvalue weighted by Crippen LogP contribution is -2.03. The minimum absolute atomic E-state index is 0.374. The molecule has 0 aliphatic carbocycles. The van der Waals surface area contributed by atoms with Crippen molar-refractivity contribution >= 4 is 44.8 Å². The summed E-state index contributed by atoms with van der Waals surface area (Å²) in [6.07, 6.45) is 7.77. The standard InChI is InChI=1S/C21H30BrCl2NO3/c1-4-9-17-14-18(26-13-10-20(22)24)15-19(23)21(17)27-11-7-5-6-8-12-28-25-16(2)3/h10,14-15H,4-9,11-13H2,1-3H3/b20-10-.